The standard InChI is InChI=1S/C12H13N3O3S2/c1-7-8(14-6-13-7)5-9-11(18)15(12(19)20-9)4-2-3-10(16)17/h5-6,18H,2-4H2,1H3,(H,16,17). The van der Waals surface area contributed by atoms with Gasteiger partial charge < -0.3 is 10.2 Å². The van der Waals surface area contributed by atoms with Gasteiger partial charge >= 0.3 is 5.97 Å². The van der Waals surface area contributed by atoms with Crippen LogP contribution in [0.2, 0.25) is 0 Å². The first-order valence-electron chi connectivity index (χ1n) is 5.92. The quantitative estimate of drug-likeness (QED) is 0.818. The lowest BCUT2D eigenvalue weighted by molar-refractivity contribution is -0.137. The predicted octanol–water partition coefficient (Wildman–Crippen LogP) is 2.69. The van der Waals surface area contributed by atoms with E-state index >= 15 is 0 Å². The number of hydrogen-bond donors (Lipinski definition) is 2. The van der Waals surface area contributed by atoms with Crippen molar-refractivity contribution in [2.24, 2.45) is 9.98 Å². The molecule has 0 amide bonds. The van der Waals surface area contributed by atoms with E-state index < -0.39 is 5.97 Å². The molecule has 2 N–H and O–H groups in total. The van der Waals surface area contributed by atoms with Gasteiger partial charge in [0.15, 0.2) is 3.95 Å². The maximum atomic E-state index is 10.5. The fourth-order valence-corrected chi connectivity index (χ4v) is 2.99. The zero-order valence-corrected chi connectivity index (χ0v) is 12.4. The molecule has 2 heterocycles. The molecule has 8 heteroatoms. The summed E-state index contributed by atoms with van der Waals surface area (Å²) in [7, 11) is 0. The monoisotopic (exact) mass is 311 g/mol. The molecule has 0 fully saturated rings. The summed E-state index contributed by atoms with van der Waals surface area (Å²) in [5.74, 6) is -0.812. The molecule has 0 atom stereocenters. The number of allylic oxidation sites excluding steroid dienone is 1. The molecule has 0 saturated carbocycles. The molecule has 0 spiro atoms. The number of aliphatic imine (C=N–C) groups is 2. The molecular weight excluding hydrogens is 298 g/mol. The van der Waals surface area contributed by atoms with Crippen LogP contribution in [0, 0.1) is 3.95 Å². The van der Waals surface area contributed by atoms with Crippen LogP contribution in [0.1, 0.15) is 24.6 Å². The fourth-order valence-electron chi connectivity index (χ4n) is 1.70. The Labute approximate surface area is 124 Å². The van der Waals surface area contributed by atoms with Crippen molar-refractivity contribution in [1.29, 1.82) is 0 Å². The van der Waals surface area contributed by atoms with Gasteiger partial charge in [-0.05, 0) is 31.6 Å². The summed E-state index contributed by atoms with van der Waals surface area (Å²) in [5.41, 5.74) is 1.47. The first kappa shape index (κ1) is 14.6. The molecule has 6 nitrogen and oxygen atoms in total. The van der Waals surface area contributed by atoms with Crippen molar-refractivity contribution in [2.45, 2.75) is 26.3 Å². The summed E-state index contributed by atoms with van der Waals surface area (Å²) in [4.78, 5) is 19.2. The molecule has 2 rings (SSSR count). The van der Waals surface area contributed by atoms with E-state index in [1.54, 1.807) is 10.6 Å². The number of hydrogen-bond acceptors (Lipinski definition) is 6. The Morgan fingerprint density at radius 2 is 2.35 bits per heavy atom. The van der Waals surface area contributed by atoms with Crippen molar-refractivity contribution in [2.75, 3.05) is 0 Å². The number of carbonyl (C=O) groups is 1. The van der Waals surface area contributed by atoms with Gasteiger partial charge in [-0.25, -0.2) is 9.98 Å². The average Bonchev–Trinajstić information content (AvgIpc) is 2.88. The second-order valence-electron chi connectivity index (χ2n) is 4.19. The number of carboxylic acid groups (broad SMARTS) is 1. The number of aromatic hydroxyl groups is 1. The van der Waals surface area contributed by atoms with Crippen LogP contribution in [0.15, 0.2) is 15.7 Å². The van der Waals surface area contributed by atoms with Crippen LogP contribution in [0.3, 0.4) is 0 Å². The van der Waals surface area contributed by atoms with E-state index in [1.165, 1.54) is 17.7 Å². The van der Waals surface area contributed by atoms with Gasteiger partial charge in [-0.3, -0.25) is 9.36 Å². The number of aliphatic carboxylic acids is 1. The molecule has 0 bridgehead atoms. The van der Waals surface area contributed by atoms with Gasteiger partial charge in [-0.15, -0.1) is 11.3 Å². The Hall–Kier alpha value is -1.80. The largest absolute Gasteiger partial charge is 0.493 e. The van der Waals surface area contributed by atoms with Gasteiger partial charge in [-0.1, -0.05) is 0 Å². The smallest absolute Gasteiger partial charge is 0.303 e. The van der Waals surface area contributed by atoms with E-state index in [0.29, 0.717) is 27.5 Å². The molecule has 0 aliphatic carbocycles. The lowest BCUT2D eigenvalue weighted by Crippen LogP contribution is -2.01. The summed E-state index contributed by atoms with van der Waals surface area (Å²) in [6.45, 7) is 2.21. The molecule has 0 radical (unpaired) electrons. The highest BCUT2D eigenvalue weighted by atomic mass is 32.1. The maximum absolute atomic E-state index is 10.5. The molecule has 20 heavy (non-hydrogen) atoms. The Bertz CT molecular complexity index is 683. The molecular formula is C12H13N3O3S2. The van der Waals surface area contributed by atoms with Crippen LogP contribution in [0.4, 0.5) is 0 Å². The Morgan fingerprint density at radius 3 is 2.95 bits per heavy atom. The van der Waals surface area contributed by atoms with Gasteiger partial charge in [0.05, 0.1) is 16.3 Å². The van der Waals surface area contributed by atoms with Crippen LogP contribution in [0.25, 0.3) is 6.08 Å². The van der Waals surface area contributed by atoms with E-state index in [2.05, 4.69) is 9.98 Å². The van der Waals surface area contributed by atoms with Crippen LogP contribution in [-0.2, 0) is 11.3 Å². The summed E-state index contributed by atoms with van der Waals surface area (Å²) >= 11 is 6.45. The van der Waals surface area contributed by atoms with Crippen molar-refractivity contribution in [3.05, 3.63) is 14.5 Å². The van der Waals surface area contributed by atoms with E-state index in [-0.39, 0.29) is 12.3 Å². The van der Waals surface area contributed by atoms with E-state index in [1.807, 2.05) is 6.92 Å². The molecule has 0 unspecified atom stereocenters. The summed E-state index contributed by atoms with van der Waals surface area (Å²) < 4.78 is 2.05. The molecule has 1 aromatic rings. The van der Waals surface area contributed by atoms with Crippen molar-refractivity contribution < 1.29 is 15.0 Å². The van der Waals surface area contributed by atoms with Gasteiger partial charge in [-0.2, -0.15) is 0 Å². The van der Waals surface area contributed by atoms with Crippen molar-refractivity contribution >= 4 is 47.7 Å². The minimum atomic E-state index is -0.860. The van der Waals surface area contributed by atoms with Crippen molar-refractivity contribution in [3.63, 3.8) is 0 Å². The third-order valence-corrected chi connectivity index (χ3v) is 4.14. The number of aromatic nitrogens is 1. The minimum absolute atomic E-state index is 0.0452. The topological polar surface area (TPSA) is 87.2 Å². The highest BCUT2D eigenvalue weighted by Gasteiger charge is 2.13. The van der Waals surface area contributed by atoms with E-state index in [4.69, 9.17) is 17.3 Å². The lowest BCUT2D eigenvalue weighted by atomic mass is 10.3. The second kappa shape index (κ2) is 6.10. The molecule has 1 aliphatic heterocycles. The third kappa shape index (κ3) is 3.20. The summed E-state index contributed by atoms with van der Waals surface area (Å²) in [6, 6.07) is 0. The first-order valence-corrected chi connectivity index (χ1v) is 7.15. The second-order valence-corrected chi connectivity index (χ2v) is 5.87. The van der Waals surface area contributed by atoms with Gasteiger partial charge in [0.2, 0.25) is 5.88 Å². The zero-order valence-electron chi connectivity index (χ0n) is 10.7. The average molecular weight is 311 g/mol. The van der Waals surface area contributed by atoms with Gasteiger partial charge in [0.25, 0.3) is 0 Å². The van der Waals surface area contributed by atoms with Crippen molar-refractivity contribution in [3.8, 4) is 5.88 Å². The van der Waals surface area contributed by atoms with E-state index in [9.17, 15) is 9.90 Å². The third-order valence-electron chi connectivity index (χ3n) is 2.75. The molecule has 1 aromatic heterocycles. The molecule has 106 valence electrons. The van der Waals surface area contributed by atoms with Crippen LogP contribution < -0.4 is 0 Å². The molecule has 0 saturated heterocycles. The van der Waals surface area contributed by atoms with Gasteiger partial charge in [0.1, 0.15) is 6.34 Å². The first-order chi connectivity index (χ1) is 9.49. The Balaban J connectivity index is 2.21. The number of thiazole rings is 1. The Morgan fingerprint density at radius 1 is 1.60 bits per heavy atom. The SMILES string of the molecule is CC1=NC=NC1=Cc1sc(=S)n(CCCC(=O)O)c1O. The van der Waals surface area contributed by atoms with Crippen molar-refractivity contribution in [1.82, 2.24) is 4.57 Å². The molecule has 1 aliphatic rings. The van der Waals surface area contributed by atoms with Gasteiger partial charge in [0, 0.05) is 13.0 Å². The summed E-state index contributed by atoms with van der Waals surface area (Å²) in [5, 5.41) is 18.8. The highest BCUT2D eigenvalue weighted by Crippen LogP contribution is 2.29. The molecule has 0 aromatic carbocycles. The van der Waals surface area contributed by atoms with Crippen LogP contribution >= 0.6 is 23.6 Å². The number of carboxylic acids is 1. The Kier molecular flexibility index (Phi) is 4.46. The van der Waals surface area contributed by atoms with E-state index in [0.717, 1.165) is 5.71 Å². The lowest BCUT2D eigenvalue weighted by Gasteiger charge is -2.03. The number of rotatable bonds is 5. The normalized spacial score (nSPS) is 15.8. The summed E-state index contributed by atoms with van der Waals surface area (Å²) in [6.07, 6.45) is 3.65. The minimum Gasteiger partial charge on any atom is -0.493 e. The van der Waals surface area contributed by atoms with Crippen LogP contribution in [0.5, 0.6) is 5.88 Å². The number of nitrogens with zero attached hydrogens (tertiary/aromatic N) is 3. The fraction of sp³-hybridized carbons (Fsp3) is 0.333. The van der Waals surface area contributed by atoms with Crippen LogP contribution in [-0.4, -0.2) is 32.8 Å². The maximum Gasteiger partial charge on any atom is 0.303 e. The highest BCUT2D eigenvalue weighted by molar-refractivity contribution is 7.73. The predicted molar refractivity (Wildman–Crippen MR) is 81.3 cm³/mol. The zero-order chi connectivity index (χ0) is 14.7.